The predicted molar refractivity (Wildman–Crippen MR) is 112 cm³/mol. The fourth-order valence-corrected chi connectivity index (χ4v) is 4.39. The molecule has 1 aromatic heterocycles. The molecule has 1 atom stereocenters. The van der Waals surface area contributed by atoms with Crippen LogP contribution in [0.4, 0.5) is 36.1 Å². The van der Waals surface area contributed by atoms with E-state index in [1.807, 2.05) is 0 Å². The zero-order chi connectivity index (χ0) is 24.0. The number of nitrogens with zero attached hydrogens (tertiary/aromatic N) is 3. The van der Waals surface area contributed by atoms with E-state index in [0.29, 0.717) is 29.3 Å². The summed E-state index contributed by atoms with van der Waals surface area (Å²) in [6, 6.07) is 8.64. The molecule has 0 aliphatic carbocycles. The van der Waals surface area contributed by atoms with Gasteiger partial charge in [0.05, 0.1) is 22.3 Å². The van der Waals surface area contributed by atoms with Crippen molar-refractivity contribution in [2.45, 2.75) is 17.2 Å². The van der Waals surface area contributed by atoms with Crippen LogP contribution in [0.3, 0.4) is 0 Å². The summed E-state index contributed by atoms with van der Waals surface area (Å²) in [6.45, 7) is 0. The maximum absolute atomic E-state index is 12.9. The molecule has 0 amide bonds. The van der Waals surface area contributed by atoms with Gasteiger partial charge in [-0.3, -0.25) is 14.8 Å². The smallest absolute Gasteiger partial charge is 0.416 e. The molecule has 1 aliphatic rings. The normalized spacial score (nSPS) is 15.9. The highest BCUT2D eigenvalue weighted by atomic mass is 32.2. The van der Waals surface area contributed by atoms with Crippen LogP contribution in [0.5, 0.6) is 0 Å². The Hall–Kier alpha value is -3.91. The quantitative estimate of drug-likeness (QED) is 0.411. The van der Waals surface area contributed by atoms with Gasteiger partial charge in [-0.1, -0.05) is 0 Å². The van der Waals surface area contributed by atoms with E-state index in [-0.39, 0.29) is 11.8 Å². The van der Waals surface area contributed by atoms with Crippen molar-refractivity contribution in [2.75, 3.05) is 9.62 Å². The molecule has 172 valence electrons. The molecule has 3 aromatic rings. The number of aliphatic imine (C=N–C) groups is 1. The lowest BCUT2D eigenvalue weighted by Gasteiger charge is -2.29. The Balaban J connectivity index is 1.59. The lowest BCUT2D eigenvalue weighted by Crippen LogP contribution is -2.35. The molecule has 0 radical (unpaired) electrons. The van der Waals surface area contributed by atoms with Gasteiger partial charge in [0.25, 0.3) is 15.7 Å². The van der Waals surface area contributed by atoms with Crippen LogP contribution in [-0.4, -0.2) is 19.7 Å². The van der Waals surface area contributed by atoms with Gasteiger partial charge in [-0.05, 0) is 42.5 Å². The van der Waals surface area contributed by atoms with E-state index in [1.165, 1.54) is 36.9 Å². The van der Waals surface area contributed by atoms with E-state index in [9.17, 15) is 31.7 Å². The first kappa shape index (κ1) is 22.3. The topological polar surface area (TPSA) is 144 Å². The Morgan fingerprint density at radius 2 is 1.85 bits per heavy atom. The minimum Gasteiger partial charge on any atom is -0.446 e. The molecule has 0 spiro atoms. The molecule has 4 rings (SSSR count). The third-order valence-electron chi connectivity index (χ3n) is 4.78. The van der Waals surface area contributed by atoms with Crippen molar-refractivity contribution in [1.29, 1.82) is 0 Å². The van der Waals surface area contributed by atoms with Crippen LogP contribution >= 0.6 is 0 Å². The molecule has 0 fully saturated rings. The van der Waals surface area contributed by atoms with E-state index < -0.39 is 43.4 Å². The fourth-order valence-electron chi connectivity index (χ4n) is 3.18. The number of nitrogens with two attached hydrogens (primary N) is 1. The third-order valence-corrected chi connectivity index (χ3v) is 6.21. The van der Waals surface area contributed by atoms with Gasteiger partial charge in [-0.15, -0.1) is 0 Å². The first-order chi connectivity index (χ1) is 15.5. The molecule has 10 nitrogen and oxygen atoms in total. The molecule has 2 heterocycles. The summed E-state index contributed by atoms with van der Waals surface area (Å²) >= 11 is 0. The summed E-state index contributed by atoms with van der Waals surface area (Å²) < 4.78 is 71.3. The number of nitro benzene ring substituents is 1. The van der Waals surface area contributed by atoms with Crippen molar-refractivity contribution < 1.29 is 30.9 Å². The van der Waals surface area contributed by atoms with Crippen LogP contribution in [0, 0.1) is 10.1 Å². The highest BCUT2D eigenvalue weighted by molar-refractivity contribution is 7.92. The summed E-state index contributed by atoms with van der Waals surface area (Å²) in [6.07, 6.45) is -2.58. The number of fused-ring (bicyclic) bond motifs is 1. The van der Waals surface area contributed by atoms with E-state index in [4.69, 9.17) is 10.2 Å². The minimum atomic E-state index is -4.87. The second-order valence-corrected chi connectivity index (χ2v) is 8.52. The minimum absolute atomic E-state index is 0.0273. The zero-order valence-corrected chi connectivity index (χ0v) is 17.2. The highest BCUT2D eigenvalue weighted by Gasteiger charge is 2.35. The number of furan rings is 1. The summed E-state index contributed by atoms with van der Waals surface area (Å²) in [4.78, 5) is 14.9. The number of hydrogen-bond acceptors (Lipinski definition) is 8. The molecule has 1 aliphatic heterocycles. The van der Waals surface area contributed by atoms with Gasteiger partial charge in [0.1, 0.15) is 12.5 Å². The van der Waals surface area contributed by atoms with Gasteiger partial charge in [0.2, 0.25) is 5.88 Å². The van der Waals surface area contributed by atoms with Crippen LogP contribution in [0.2, 0.25) is 0 Å². The first-order valence-corrected chi connectivity index (χ1v) is 10.6. The van der Waals surface area contributed by atoms with E-state index in [1.54, 1.807) is 11.0 Å². The molecule has 1 unspecified atom stereocenters. The first-order valence-electron chi connectivity index (χ1n) is 9.11. The number of rotatable bonds is 5. The van der Waals surface area contributed by atoms with Crippen LogP contribution in [0.25, 0.3) is 0 Å². The maximum Gasteiger partial charge on any atom is 0.416 e. The number of sulfonamides is 1. The summed E-state index contributed by atoms with van der Waals surface area (Å²) in [5.41, 5.74) is 4.89. The van der Waals surface area contributed by atoms with Crippen molar-refractivity contribution in [3.63, 3.8) is 0 Å². The summed E-state index contributed by atoms with van der Waals surface area (Å²) in [5, 5.41) is 11.2. The van der Waals surface area contributed by atoms with Crippen LogP contribution in [0.1, 0.15) is 17.3 Å². The zero-order valence-electron chi connectivity index (χ0n) is 16.4. The molecule has 0 saturated heterocycles. The SMILES string of the molecule is NC1c2ccoc2N=CN1c1ccc(NS(=O)(=O)c2ccc(C(F)(F)F)cc2[N+](=O)[O-])cc1. The Bertz CT molecular complexity index is 1350. The Labute approximate surface area is 184 Å². The van der Waals surface area contributed by atoms with Crippen molar-refractivity contribution >= 4 is 39.3 Å². The predicted octanol–water partition coefficient (Wildman–Crippen LogP) is 4.14. The fraction of sp³-hybridized carbons (Fsp3) is 0.105. The van der Waals surface area contributed by atoms with E-state index >= 15 is 0 Å². The van der Waals surface area contributed by atoms with Crippen LogP contribution in [-0.2, 0) is 16.2 Å². The lowest BCUT2D eigenvalue weighted by atomic mass is 10.2. The van der Waals surface area contributed by atoms with Gasteiger partial charge in [-0.25, -0.2) is 13.4 Å². The molecule has 14 heteroatoms. The second-order valence-electron chi connectivity index (χ2n) is 6.87. The number of nitrogens with one attached hydrogen (secondary N) is 1. The average Bonchev–Trinajstić information content (AvgIpc) is 3.23. The summed E-state index contributed by atoms with van der Waals surface area (Å²) in [7, 11) is -4.57. The Morgan fingerprint density at radius 1 is 1.15 bits per heavy atom. The highest BCUT2D eigenvalue weighted by Crippen LogP contribution is 2.36. The number of anilines is 2. The number of hydrogen-bond donors (Lipinski definition) is 2. The van der Waals surface area contributed by atoms with Gasteiger partial charge < -0.3 is 15.1 Å². The summed E-state index contributed by atoms with van der Waals surface area (Å²) in [5.74, 6) is 0.376. The number of halogens is 3. The third kappa shape index (κ3) is 4.25. The largest absolute Gasteiger partial charge is 0.446 e. The molecule has 0 saturated carbocycles. The second kappa shape index (κ2) is 7.90. The molecular formula is C19H14F3N5O5S. The Kier molecular flexibility index (Phi) is 5.33. The number of nitro groups is 1. The van der Waals surface area contributed by atoms with Crippen molar-refractivity contribution in [1.82, 2.24) is 0 Å². The lowest BCUT2D eigenvalue weighted by molar-refractivity contribution is -0.388. The van der Waals surface area contributed by atoms with Crippen molar-refractivity contribution in [2.24, 2.45) is 10.7 Å². The average molecular weight is 481 g/mol. The van der Waals surface area contributed by atoms with Crippen molar-refractivity contribution in [3.8, 4) is 0 Å². The van der Waals surface area contributed by atoms with Gasteiger partial charge in [-0.2, -0.15) is 13.2 Å². The molecule has 3 N–H and O–H groups in total. The molecule has 2 aromatic carbocycles. The van der Waals surface area contributed by atoms with E-state index in [0.717, 1.165) is 0 Å². The van der Waals surface area contributed by atoms with Gasteiger partial charge >= 0.3 is 6.18 Å². The molecular weight excluding hydrogens is 467 g/mol. The Morgan fingerprint density at radius 3 is 2.48 bits per heavy atom. The van der Waals surface area contributed by atoms with Crippen LogP contribution < -0.4 is 15.4 Å². The van der Waals surface area contributed by atoms with E-state index in [2.05, 4.69) is 9.71 Å². The monoisotopic (exact) mass is 481 g/mol. The number of benzene rings is 2. The van der Waals surface area contributed by atoms with Crippen LogP contribution in [0.15, 0.2) is 69.1 Å². The molecule has 33 heavy (non-hydrogen) atoms. The van der Waals surface area contributed by atoms with Gasteiger partial charge in [0, 0.05) is 17.4 Å². The van der Waals surface area contributed by atoms with Crippen molar-refractivity contribution in [3.05, 3.63) is 76.0 Å². The standard InChI is InChI=1S/C19H14F3N5O5S/c20-19(21,22)11-1-6-16(15(9-11)27(28)29)33(30,31)25-12-2-4-13(5-3-12)26-10-24-18-14(17(26)23)7-8-32-18/h1-10,17,25H,23H2. The molecule has 0 bridgehead atoms. The van der Waals surface area contributed by atoms with Gasteiger partial charge in [0.15, 0.2) is 4.90 Å². The number of alkyl halides is 3. The maximum atomic E-state index is 12.9.